The van der Waals surface area contributed by atoms with Crippen molar-refractivity contribution in [3.05, 3.63) is 27.7 Å². The summed E-state index contributed by atoms with van der Waals surface area (Å²) in [6.45, 7) is 3.75. The fraction of sp³-hybridized carbons (Fsp3) is 0.286. The van der Waals surface area contributed by atoms with Crippen molar-refractivity contribution in [3.8, 4) is 0 Å². The van der Waals surface area contributed by atoms with Gasteiger partial charge in [0.05, 0.1) is 0 Å². The predicted octanol–water partition coefficient (Wildman–Crippen LogP) is 2.60. The maximum absolute atomic E-state index is 12.5. The minimum absolute atomic E-state index is 0.435. The van der Waals surface area contributed by atoms with Gasteiger partial charge in [0.2, 0.25) is 5.95 Å². The number of hydrogen-bond donors (Lipinski definition) is 0. The van der Waals surface area contributed by atoms with E-state index >= 15 is 0 Å². The molecule has 1 nitrogen and oxygen atoms in total. The fourth-order valence-electron chi connectivity index (χ4n) is 0.660. The first-order valence-corrected chi connectivity index (χ1v) is 3.70. The van der Waals surface area contributed by atoms with Crippen LogP contribution in [0.4, 0.5) is 4.39 Å². The molecule has 0 aromatic carbocycles. The monoisotopic (exact) mass is 203 g/mol. The van der Waals surface area contributed by atoms with Gasteiger partial charge in [-0.2, -0.15) is 4.39 Å². The van der Waals surface area contributed by atoms with Crippen LogP contribution in [-0.4, -0.2) is 4.98 Å². The molecule has 0 spiro atoms. The lowest BCUT2D eigenvalue weighted by molar-refractivity contribution is 0.578. The summed E-state index contributed by atoms with van der Waals surface area (Å²) in [7, 11) is 0. The molecule has 1 heterocycles. The van der Waals surface area contributed by atoms with E-state index < -0.39 is 5.95 Å². The quantitative estimate of drug-likeness (QED) is 0.592. The smallest absolute Gasteiger partial charge is 0.212 e. The van der Waals surface area contributed by atoms with Crippen molar-refractivity contribution < 1.29 is 4.39 Å². The van der Waals surface area contributed by atoms with Gasteiger partial charge in [0.25, 0.3) is 0 Å². The number of aromatic nitrogens is 1. The lowest BCUT2D eigenvalue weighted by Crippen LogP contribution is -1.90. The standard InChI is InChI=1S/C7H7BrFN/c1-4-3-6(9)10-7(8)5(4)2/h3H,1-2H3. The van der Waals surface area contributed by atoms with Gasteiger partial charge in [-0.15, -0.1) is 0 Å². The molecule has 1 rings (SSSR count). The van der Waals surface area contributed by atoms with Crippen LogP contribution in [0.5, 0.6) is 0 Å². The zero-order valence-corrected chi connectivity index (χ0v) is 7.37. The highest BCUT2D eigenvalue weighted by Gasteiger charge is 2.01. The Morgan fingerprint density at radius 1 is 1.50 bits per heavy atom. The Morgan fingerprint density at radius 3 is 2.60 bits per heavy atom. The summed E-state index contributed by atoms with van der Waals surface area (Å²) >= 11 is 3.15. The number of halogens is 2. The molecule has 0 N–H and O–H groups in total. The Kier molecular flexibility index (Phi) is 2.04. The molecule has 0 unspecified atom stereocenters. The summed E-state index contributed by atoms with van der Waals surface area (Å²) in [5.74, 6) is -0.435. The third-order valence-electron chi connectivity index (χ3n) is 1.44. The third kappa shape index (κ3) is 1.34. The van der Waals surface area contributed by atoms with E-state index in [4.69, 9.17) is 0 Å². The fourth-order valence-corrected chi connectivity index (χ4v) is 1.14. The van der Waals surface area contributed by atoms with Crippen LogP contribution >= 0.6 is 15.9 Å². The Hall–Kier alpha value is -0.440. The van der Waals surface area contributed by atoms with Gasteiger partial charge in [-0.3, -0.25) is 0 Å². The minimum atomic E-state index is -0.435. The second-order valence-electron chi connectivity index (χ2n) is 2.18. The van der Waals surface area contributed by atoms with Crippen molar-refractivity contribution in [1.29, 1.82) is 0 Å². The second-order valence-corrected chi connectivity index (χ2v) is 2.93. The van der Waals surface area contributed by atoms with Crippen LogP contribution in [0.2, 0.25) is 0 Å². The molecule has 1 aromatic rings. The van der Waals surface area contributed by atoms with Gasteiger partial charge in [0.1, 0.15) is 4.60 Å². The molecule has 0 saturated heterocycles. The number of hydrogen-bond acceptors (Lipinski definition) is 1. The van der Waals surface area contributed by atoms with Crippen LogP contribution in [-0.2, 0) is 0 Å². The first-order valence-electron chi connectivity index (χ1n) is 2.90. The zero-order valence-electron chi connectivity index (χ0n) is 5.78. The lowest BCUT2D eigenvalue weighted by Gasteiger charge is -2.00. The SMILES string of the molecule is Cc1cc(F)nc(Br)c1C. The number of pyridine rings is 1. The van der Waals surface area contributed by atoms with Crippen LogP contribution in [0, 0.1) is 19.8 Å². The van der Waals surface area contributed by atoms with Gasteiger partial charge >= 0.3 is 0 Å². The third-order valence-corrected chi connectivity index (χ3v) is 2.21. The summed E-state index contributed by atoms with van der Waals surface area (Å²) in [4.78, 5) is 3.58. The summed E-state index contributed by atoms with van der Waals surface area (Å²) < 4.78 is 13.1. The normalized spacial score (nSPS) is 10.0. The molecule has 0 aliphatic heterocycles. The minimum Gasteiger partial charge on any atom is -0.212 e. The van der Waals surface area contributed by atoms with E-state index in [2.05, 4.69) is 20.9 Å². The van der Waals surface area contributed by atoms with Gasteiger partial charge in [0, 0.05) is 0 Å². The maximum atomic E-state index is 12.5. The molecule has 0 aliphatic rings. The summed E-state index contributed by atoms with van der Waals surface area (Å²) in [6.07, 6.45) is 0. The molecule has 3 heteroatoms. The van der Waals surface area contributed by atoms with E-state index in [9.17, 15) is 4.39 Å². The van der Waals surface area contributed by atoms with Crippen molar-refractivity contribution in [2.24, 2.45) is 0 Å². The van der Waals surface area contributed by atoms with Crippen LogP contribution in [0.25, 0.3) is 0 Å². The largest absolute Gasteiger partial charge is 0.214 e. The summed E-state index contributed by atoms with van der Waals surface area (Å²) in [6, 6.07) is 1.42. The van der Waals surface area contributed by atoms with Crippen molar-refractivity contribution in [2.75, 3.05) is 0 Å². The van der Waals surface area contributed by atoms with Crippen molar-refractivity contribution >= 4 is 15.9 Å². The van der Waals surface area contributed by atoms with Crippen molar-refractivity contribution in [3.63, 3.8) is 0 Å². The number of rotatable bonds is 0. The van der Waals surface area contributed by atoms with Crippen LogP contribution in [0.1, 0.15) is 11.1 Å². The maximum Gasteiger partial charge on any atom is 0.214 e. The van der Waals surface area contributed by atoms with Crippen LogP contribution < -0.4 is 0 Å². The van der Waals surface area contributed by atoms with E-state index in [-0.39, 0.29) is 0 Å². The molecular weight excluding hydrogens is 197 g/mol. The van der Waals surface area contributed by atoms with Crippen LogP contribution in [0.15, 0.2) is 10.7 Å². The Labute approximate surface area is 67.4 Å². The van der Waals surface area contributed by atoms with Crippen molar-refractivity contribution in [1.82, 2.24) is 4.98 Å². The van der Waals surface area contributed by atoms with Crippen LogP contribution in [0.3, 0.4) is 0 Å². The average molecular weight is 204 g/mol. The molecule has 0 saturated carbocycles. The molecular formula is C7H7BrFN. The highest BCUT2D eigenvalue weighted by Crippen LogP contribution is 2.16. The second kappa shape index (κ2) is 2.66. The Morgan fingerprint density at radius 2 is 2.10 bits per heavy atom. The summed E-state index contributed by atoms with van der Waals surface area (Å²) in [5.41, 5.74) is 1.90. The van der Waals surface area contributed by atoms with Gasteiger partial charge in [-0.25, -0.2) is 4.98 Å². The van der Waals surface area contributed by atoms with Gasteiger partial charge < -0.3 is 0 Å². The Bertz CT molecular complexity index is 237. The number of nitrogens with zero attached hydrogens (tertiary/aromatic N) is 1. The highest BCUT2D eigenvalue weighted by atomic mass is 79.9. The molecule has 54 valence electrons. The molecule has 0 fully saturated rings. The summed E-state index contributed by atoms with van der Waals surface area (Å²) in [5, 5.41) is 0. The van der Waals surface area contributed by atoms with E-state index in [1.165, 1.54) is 6.07 Å². The Balaban J connectivity index is 3.31. The number of aryl methyl sites for hydroxylation is 1. The molecule has 0 radical (unpaired) electrons. The zero-order chi connectivity index (χ0) is 7.72. The average Bonchev–Trinajstić information content (AvgIpc) is 1.82. The van der Waals surface area contributed by atoms with E-state index in [1.54, 1.807) is 0 Å². The molecule has 0 aliphatic carbocycles. The molecule has 0 atom stereocenters. The molecule has 10 heavy (non-hydrogen) atoms. The van der Waals surface area contributed by atoms with E-state index in [0.29, 0.717) is 4.60 Å². The first-order chi connectivity index (χ1) is 4.61. The molecule has 1 aromatic heterocycles. The molecule has 0 bridgehead atoms. The highest BCUT2D eigenvalue weighted by molar-refractivity contribution is 9.10. The van der Waals surface area contributed by atoms with Crippen molar-refractivity contribution in [2.45, 2.75) is 13.8 Å². The predicted molar refractivity (Wildman–Crippen MR) is 41.4 cm³/mol. The topological polar surface area (TPSA) is 12.9 Å². The van der Waals surface area contributed by atoms with E-state index in [0.717, 1.165) is 11.1 Å². The van der Waals surface area contributed by atoms with E-state index in [1.807, 2.05) is 13.8 Å². The molecule has 0 amide bonds. The first kappa shape index (κ1) is 7.66. The van der Waals surface area contributed by atoms with Gasteiger partial charge in [-0.1, -0.05) is 0 Å². The van der Waals surface area contributed by atoms with Gasteiger partial charge in [-0.05, 0) is 47.0 Å². The van der Waals surface area contributed by atoms with Gasteiger partial charge in [0.15, 0.2) is 0 Å². The lowest BCUT2D eigenvalue weighted by atomic mass is 10.2.